The Labute approximate surface area is 92.4 Å². The largest absolute Gasteiger partial charge is 0.506 e. The molecule has 0 aliphatic heterocycles. The van der Waals surface area contributed by atoms with E-state index in [1.165, 1.54) is 7.11 Å². The molecule has 1 aromatic carbocycles. The highest BCUT2D eigenvalue weighted by molar-refractivity contribution is 6.18. The van der Waals surface area contributed by atoms with E-state index < -0.39 is 12.3 Å². The average Bonchev–Trinajstić information content (AvgIpc) is 2.25. The van der Waals surface area contributed by atoms with E-state index in [0.717, 1.165) is 0 Å². The van der Waals surface area contributed by atoms with Crippen molar-refractivity contribution in [1.29, 1.82) is 0 Å². The van der Waals surface area contributed by atoms with E-state index in [0.29, 0.717) is 11.3 Å². The topological polar surface area (TPSA) is 55.8 Å². The number of methoxy groups -OCH3 is 1. The molecule has 4 nitrogen and oxygen atoms in total. The van der Waals surface area contributed by atoms with Crippen molar-refractivity contribution in [1.82, 2.24) is 0 Å². The molecule has 0 aliphatic carbocycles. The van der Waals surface area contributed by atoms with Crippen LogP contribution in [-0.2, 0) is 4.74 Å². The van der Waals surface area contributed by atoms with E-state index in [1.54, 1.807) is 24.3 Å². The van der Waals surface area contributed by atoms with E-state index >= 15 is 0 Å². The maximum absolute atomic E-state index is 10.4. The molecule has 0 aliphatic rings. The van der Waals surface area contributed by atoms with Gasteiger partial charge in [-0.3, -0.25) is 0 Å². The standard InChI is InChI=1S/C10H11ClO4/c1-14-8-5-3-2-4-7(8)9(6-11)15-10(12)13/h2-5,9H,6H2,1H3,(H,12,13). The summed E-state index contributed by atoms with van der Waals surface area (Å²) in [5.41, 5.74) is 0.623. The molecule has 0 heterocycles. The van der Waals surface area contributed by atoms with Crippen LogP contribution >= 0.6 is 11.6 Å². The van der Waals surface area contributed by atoms with E-state index in [1.807, 2.05) is 0 Å². The van der Waals surface area contributed by atoms with Crippen LogP contribution in [0.4, 0.5) is 4.79 Å². The zero-order valence-corrected chi connectivity index (χ0v) is 8.90. The van der Waals surface area contributed by atoms with Crippen LogP contribution in [0, 0.1) is 0 Å². The maximum Gasteiger partial charge on any atom is 0.506 e. The Morgan fingerprint density at radius 2 is 2.20 bits per heavy atom. The molecule has 1 rings (SSSR count). The number of rotatable bonds is 4. The quantitative estimate of drug-likeness (QED) is 0.638. The van der Waals surface area contributed by atoms with Gasteiger partial charge in [-0.1, -0.05) is 18.2 Å². The fraction of sp³-hybridized carbons (Fsp3) is 0.300. The zero-order chi connectivity index (χ0) is 11.3. The van der Waals surface area contributed by atoms with Gasteiger partial charge < -0.3 is 14.6 Å². The smallest absolute Gasteiger partial charge is 0.496 e. The lowest BCUT2D eigenvalue weighted by Gasteiger charge is -2.16. The lowest BCUT2D eigenvalue weighted by atomic mass is 10.1. The predicted molar refractivity (Wildman–Crippen MR) is 55.6 cm³/mol. The molecule has 15 heavy (non-hydrogen) atoms. The first-order valence-corrected chi connectivity index (χ1v) is 4.81. The van der Waals surface area contributed by atoms with E-state index in [2.05, 4.69) is 4.74 Å². The minimum Gasteiger partial charge on any atom is -0.496 e. The zero-order valence-electron chi connectivity index (χ0n) is 8.14. The molecular weight excluding hydrogens is 220 g/mol. The highest BCUT2D eigenvalue weighted by atomic mass is 35.5. The lowest BCUT2D eigenvalue weighted by Crippen LogP contribution is -2.11. The Kier molecular flexibility index (Phi) is 4.24. The van der Waals surface area contributed by atoms with E-state index in [-0.39, 0.29) is 5.88 Å². The van der Waals surface area contributed by atoms with E-state index in [4.69, 9.17) is 21.4 Å². The van der Waals surface area contributed by atoms with Crippen molar-refractivity contribution in [3.63, 3.8) is 0 Å². The number of hydrogen-bond acceptors (Lipinski definition) is 3. The van der Waals surface area contributed by atoms with Gasteiger partial charge in [-0.25, -0.2) is 4.79 Å². The number of hydrogen-bond donors (Lipinski definition) is 1. The normalized spacial score (nSPS) is 11.9. The second kappa shape index (κ2) is 5.46. The summed E-state index contributed by atoms with van der Waals surface area (Å²) < 4.78 is 9.71. The van der Waals surface area contributed by atoms with Gasteiger partial charge >= 0.3 is 6.16 Å². The van der Waals surface area contributed by atoms with Crippen LogP contribution in [0.3, 0.4) is 0 Å². The molecule has 1 unspecified atom stereocenters. The summed E-state index contributed by atoms with van der Waals surface area (Å²) in [6.07, 6.45) is -2.06. The first-order chi connectivity index (χ1) is 7.19. The molecule has 0 saturated carbocycles. The summed E-state index contributed by atoms with van der Waals surface area (Å²) in [6, 6.07) is 6.99. The number of ether oxygens (including phenoxy) is 2. The van der Waals surface area contributed by atoms with Gasteiger partial charge in [-0.2, -0.15) is 0 Å². The number of halogens is 1. The molecule has 0 aromatic heterocycles. The predicted octanol–water partition coefficient (Wildman–Crippen LogP) is 2.67. The highest BCUT2D eigenvalue weighted by Crippen LogP contribution is 2.28. The molecule has 0 saturated heterocycles. The molecule has 1 N–H and O–H groups in total. The second-order valence-corrected chi connectivity index (χ2v) is 3.08. The minimum absolute atomic E-state index is 0.0483. The third-order valence-electron chi connectivity index (χ3n) is 1.87. The van der Waals surface area contributed by atoms with Gasteiger partial charge in [-0.15, -0.1) is 11.6 Å². The Bertz CT molecular complexity index is 340. The summed E-state index contributed by atoms with van der Waals surface area (Å²) in [5, 5.41) is 8.52. The number of carbonyl (C=O) groups is 1. The number of carboxylic acid groups (broad SMARTS) is 1. The van der Waals surface area contributed by atoms with Crippen LogP contribution in [0.15, 0.2) is 24.3 Å². The molecule has 0 fully saturated rings. The second-order valence-electron chi connectivity index (χ2n) is 2.77. The van der Waals surface area contributed by atoms with Crippen molar-refractivity contribution in [3.05, 3.63) is 29.8 Å². The maximum atomic E-state index is 10.4. The fourth-order valence-corrected chi connectivity index (χ4v) is 1.46. The van der Waals surface area contributed by atoms with Crippen LogP contribution in [-0.4, -0.2) is 24.3 Å². The monoisotopic (exact) mass is 230 g/mol. The molecule has 82 valence electrons. The minimum atomic E-state index is -1.36. The first kappa shape index (κ1) is 11.7. The third kappa shape index (κ3) is 3.02. The van der Waals surface area contributed by atoms with E-state index in [9.17, 15) is 4.79 Å². The van der Waals surface area contributed by atoms with Gasteiger partial charge in [0.2, 0.25) is 0 Å². The van der Waals surface area contributed by atoms with Gasteiger partial charge in [0.25, 0.3) is 0 Å². The third-order valence-corrected chi connectivity index (χ3v) is 2.15. The van der Waals surface area contributed by atoms with Crippen LogP contribution in [0.2, 0.25) is 0 Å². The summed E-state index contributed by atoms with van der Waals surface area (Å²) in [6.45, 7) is 0. The number of benzene rings is 1. The molecular formula is C10H11ClO4. The Hall–Kier alpha value is -1.42. The number of alkyl halides is 1. The molecule has 1 aromatic rings. The van der Waals surface area contributed by atoms with Gasteiger partial charge in [0, 0.05) is 5.56 Å². The summed E-state index contributed by atoms with van der Waals surface area (Å²) in [7, 11) is 1.50. The van der Waals surface area contributed by atoms with Crippen LogP contribution in [0.25, 0.3) is 0 Å². The van der Waals surface area contributed by atoms with Gasteiger partial charge in [0.05, 0.1) is 13.0 Å². The van der Waals surface area contributed by atoms with Crippen LogP contribution in [0.5, 0.6) is 5.75 Å². The SMILES string of the molecule is COc1ccccc1C(CCl)OC(=O)O. The molecule has 1 atom stereocenters. The Balaban J connectivity index is 2.95. The van der Waals surface area contributed by atoms with Crippen LogP contribution < -0.4 is 4.74 Å². The fourth-order valence-electron chi connectivity index (χ4n) is 1.23. The van der Waals surface area contributed by atoms with Gasteiger partial charge in [-0.05, 0) is 6.07 Å². The molecule has 0 radical (unpaired) electrons. The summed E-state index contributed by atoms with van der Waals surface area (Å²) in [5.74, 6) is 0.608. The lowest BCUT2D eigenvalue weighted by molar-refractivity contribution is 0.0591. The Morgan fingerprint density at radius 3 is 2.73 bits per heavy atom. The molecule has 0 spiro atoms. The van der Waals surface area contributed by atoms with Crippen LogP contribution in [0.1, 0.15) is 11.7 Å². The molecule has 0 bridgehead atoms. The first-order valence-electron chi connectivity index (χ1n) is 4.27. The van der Waals surface area contributed by atoms with Crippen molar-refractivity contribution in [2.75, 3.05) is 13.0 Å². The van der Waals surface area contributed by atoms with Crippen molar-refractivity contribution < 1.29 is 19.4 Å². The highest BCUT2D eigenvalue weighted by Gasteiger charge is 2.18. The molecule has 0 amide bonds. The molecule has 5 heteroatoms. The van der Waals surface area contributed by atoms with Gasteiger partial charge in [0.1, 0.15) is 11.9 Å². The van der Waals surface area contributed by atoms with Crippen molar-refractivity contribution in [2.45, 2.75) is 6.10 Å². The van der Waals surface area contributed by atoms with Crippen molar-refractivity contribution >= 4 is 17.8 Å². The summed E-state index contributed by atoms with van der Waals surface area (Å²) >= 11 is 5.63. The van der Waals surface area contributed by atoms with Crippen molar-refractivity contribution in [2.24, 2.45) is 0 Å². The number of para-hydroxylation sites is 1. The Morgan fingerprint density at radius 1 is 1.53 bits per heavy atom. The average molecular weight is 231 g/mol. The van der Waals surface area contributed by atoms with Gasteiger partial charge in [0.15, 0.2) is 0 Å². The van der Waals surface area contributed by atoms with Crippen molar-refractivity contribution in [3.8, 4) is 5.75 Å². The summed E-state index contributed by atoms with van der Waals surface area (Å²) in [4.78, 5) is 10.4.